The number of imide groups is 1. The van der Waals surface area contributed by atoms with Crippen LogP contribution in [0.1, 0.15) is 44.7 Å². The zero-order chi connectivity index (χ0) is 19.9. The number of thiazole rings is 1. The third-order valence-corrected chi connectivity index (χ3v) is 6.12. The van der Waals surface area contributed by atoms with Gasteiger partial charge in [-0.3, -0.25) is 14.9 Å². The number of aromatic nitrogens is 1. The van der Waals surface area contributed by atoms with Crippen LogP contribution in [0.4, 0.5) is 4.79 Å². The molecule has 2 aromatic heterocycles. The zero-order valence-corrected chi connectivity index (χ0v) is 17.2. The lowest BCUT2D eigenvalue weighted by molar-refractivity contribution is -0.153. The van der Waals surface area contributed by atoms with Crippen molar-refractivity contribution in [3.8, 4) is 10.6 Å². The topological polar surface area (TPSA) is 97.4 Å². The van der Waals surface area contributed by atoms with Crippen LogP contribution < -0.4 is 10.6 Å². The highest BCUT2D eigenvalue weighted by Gasteiger charge is 2.22. The second-order valence-electron chi connectivity index (χ2n) is 6.76. The maximum absolute atomic E-state index is 12.1. The fourth-order valence-electron chi connectivity index (χ4n) is 3.03. The first-order chi connectivity index (χ1) is 13.5. The molecule has 3 amide bonds. The molecular formula is C19H23N3O4S2. The zero-order valence-electron chi connectivity index (χ0n) is 15.6. The summed E-state index contributed by atoms with van der Waals surface area (Å²) in [6.45, 7) is 1.44. The van der Waals surface area contributed by atoms with E-state index in [4.69, 9.17) is 4.74 Å². The molecule has 150 valence electrons. The molecule has 0 aromatic carbocycles. The van der Waals surface area contributed by atoms with Crippen LogP contribution in [0.15, 0.2) is 22.2 Å². The molecule has 2 N–H and O–H groups in total. The first kappa shape index (κ1) is 20.5. The normalized spacial score (nSPS) is 15.6. The minimum absolute atomic E-state index is 0.0213. The van der Waals surface area contributed by atoms with Crippen molar-refractivity contribution in [3.63, 3.8) is 0 Å². The Kier molecular flexibility index (Phi) is 7.16. The Bertz CT molecular complexity index is 813. The molecule has 7 nitrogen and oxygen atoms in total. The van der Waals surface area contributed by atoms with Crippen LogP contribution in [0.25, 0.3) is 10.6 Å². The number of rotatable bonds is 6. The molecule has 0 radical (unpaired) electrons. The number of nitrogens with zero attached hydrogens (tertiary/aromatic N) is 1. The lowest BCUT2D eigenvalue weighted by Gasteiger charge is -2.23. The van der Waals surface area contributed by atoms with Crippen molar-refractivity contribution in [2.75, 3.05) is 0 Å². The summed E-state index contributed by atoms with van der Waals surface area (Å²) in [5.41, 5.74) is 1.62. The molecule has 9 heteroatoms. The van der Waals surface area contributed by atoms with Crippen molar-refractivity contribution in [1.82, 2.24) is 15.6 Å². The molecule has 1 aliphatic carbocycles. The monoisotopic (exact) mass is 421 g/mol. The molecule has 0 spiro atoms. The second-order valence-corrected chi connectivity index (χ2v) is 8.40. The Morgan fingerprint density at radius 2 is 2.04 bits per heavy atom. The van der Waals surface area contributed by atoms with Crippen molar-refractivity contribution >= 4 is 40.6 Å². The van der Waals surface area contributed by atoms with Gasteiger partial charge in [0.15, 0.2) is 6.10 Å². The second kappa shape index (κ2) is 9.79. The van der Waals surface area contributed by atoms with E-state index in [-0.39, 0.29) is 12.5 Å². The van der Waals surface area contributed by atoms with E-state index < -0.39 is 24.0 Å². The van der Waals surface area contributed by atoms with E-state index in [1.54, 1.807) is 16.7 Å². The number of thiophene rings is 1. The maximum atomic E-state index is 12.1. The third kappa shape index (κ3) is 5.87. The Hall–Kier alpha value is -2.26. The first-order valence-corrected chi connectivity index (χ1v) is 11.1. The number of nitrogens with one attached hydrogen (secondary N) is 2. The molecule has 0 unspecified atom stereocenters. The van der Waals surface area contributed by atoms with Crippen LogP contribution in [-0.4, -0.2) is 35.0 Å². The van der Waals surface area contributed by atoms with Crippen LogP contribution in [0.3, 0.4) is 0 Å². The fraction of sp³-hybridized carbons (Fsp3) is 0.474. The molecule has 0 saturated heterocycles. The van der Waals surface area contributed by atoms with E-state index in [0.717, 1.165) is 36.3 Å². The van der Waals surface area contributed by atoms with E-state index in [1.807, 2.05) is 16.8 Å². The standard InChI is InChI=1S/C19H23N3O4S2/c1-12(17(24)22-19(25)21-14-5-3-2-4-6-14)26-16(23)9-15-11-28-18(20-15)13-7-8-27-10-13/h7-8,10-12,14H,2-6,9H2,1H3,(H2,21,22,24,25)/t12-/m0/s1. The van der Waals surface area contributed by atoms with E-state index in [0.29, 0.717) is 5.69 Å². The molecule has 1 saturated carbocycles. The van der Waals surface area contributed by atoms with Gasteiger partial charge in [-0.2, -0.15) is 11.3 Å². The molecule has 28 heavy (non-hydrogen) atoms. The number of carbonyl (C=O) groups excluding carboxylic acids is 3. The van der Waals surface area contributed by atoms with Gasteiger partial charge in [-0.15, -0.1) is 11.3 Å². The summed E-state index contributed by atoms with van der Waals surface area (Å²) in [6, 6.07) is 1.53. The van der Waals surface area contributed by atoms with Crippen molar-refractivity contribution in [2.24, 2.45) is 0 Å². The number of hydrogen-bond donors (Lipinski definition) is 2. The van der Waals surface area contributed by atoms with Gasteiger partial charge in [0.25, 0.3) is 5.91 Å². The van der Waals surface area contributed by atoms with Gasteiger partial charge < -0.3 is 10.1 Å². The average molecular weight is 422 g/mol. The van der Waals surface area contributed by atoms with Gasteiger partial charge >= 0.3 is 12.0 Å². The molecule has 0 aliphatic heterocycles. The molecule has 1 aliphatic rings. The van der Waals surface area contributed by atoms with Crippen LogP contribution in [0, 0.1) is 0 Å². The molecule has 0 bridgehead atoms. The molecule has 3 rings (SSSR count). The van der Waals surface area contributed by atoms with Gasteiger partial charge in [0, 0.05) is 22.4 Å². The Morgan fingerprint density at radius 1 is 1.25 bits per heavy atom. The average Bonchev–Trinajstić information content (AvgIpc) is 3.33. The number of hydrogen-bond acceptors (Lipinski definition) is 7. The maximum Gasteiger partial charge on any atom is 0.321 e. The predicted octanol–water partition coefficient (Wildman–Crippen LogP) is 3.50. The largest absolute Gasteiger partial charge is 0.452 e. The third-order valence-electron chi connectivity index (χ3n) is 4.50. The fourth-order valence-corrected chi connectivity index (χ4v) is 4.56. The summed E-state index contributed by atoms with van der Waals surface area (Å²) in [6.07, 6.45) is 4.11. The van der Waals surface area contributed by atoms with Crippen molar-refractivity contribution in [2.45, 2.75) is 57.6 Å². The van der Waals surface area contributed by atoms with Gasteiger partial charge in [0.05, 0.1) is 12.1 Å². The van der Waals surface area contributed by atoms with Crippen molar-refractivity contribution < 1.29 is 19.1 Å². The van der Waals surface area contributed by atoms with E-state index in [2.05, 4.69) is 15.6 Å². The highest BCUT2D eigenvalue weighted by atomic mass is 32.1. The molecule has 2 heterocycles. The van der Waals surface area contributed by atoms with Gasteiger partial charge in [0.1, 0.15) is 5.01 Å². The summed E-state index contributed by atoms with van der Waals surface area (Å²) < 4.78 is 5.14. The minimum atomic E-state index is -1.06. The summed E-state index contributed by atoms with van der Waals surface area (Å²) in [5.74, 6) is -1.20. The summed E-state index contributed by atoms with van der Waals surface area (Å²) >= 11 is 3.04. The smallest absolute Gasteiger partial charge is 0.321 e. The van der Waals surface area contributed by atoms with Crippen LogP contribution >= 0.6 is 22.7 Å². The van der Waals surface area contributed by atoms with Gasteiger partial charge in [-0.1, -0.05) is 19.3 Å². The number of carbonyl (C=O) groups is 3. The van der Waals surface area contributed by atoms with Crippen LogP contribution in [0.2, 0.25) is 0 Å². The summed E-state index contributed by atoms with van der Waals surface area (Å²) in [7, 11) is 0. The van der Waals surface area contributed by atoms with E-state index >= 15 is 0 Å². The van der Waals surface area contributed by atoms with Gasteiger partial charge in [-0.05, 0) is 31.2 Å². The lowest BCUT2D eigenvalue weighted by atomic mass is 9.96. The first-order valence-electron chi connectivity index (χ1n) is 9.29. The molecular weight excluding hydrogens is 398 g/mol. The quantitative estimate of drug-likeness (QED) is 0.696. The molecule has 1 fully saturated rings. The van der Waals surface area contributed by atoms with E-state index in [1.165, 1.54) is 24.7 Å². The molecule has 1 atom stereocenters. The van der Waals surface area contributed by atoms with Crippen LogP contribution in [-0.2, 0) is 20.7 Å². The van der Waals surface area contributed by atoms with Crippen molar-refractivity contribution in [1.29, 1.82) is 0 Å². The number of amides is 3. The van der Waals surface area contributed by atoms with Crippen LogP contribution in [0.5, 0.6) is 0 Å². The highest BCUT2D eigenvalue weighted by molar-refractivity contribution is 7.14. The predicted molar refractivity (Wildman–Crippen MR) is 108 cm³/mol. The van der Waals surface area contributed by atoms with Gasteiger partial charge in [-0.25, -0.2) is 9.78 Å². The molecule has 2 aromatic rings. The minimum Gasteiger partial charge on any atom is -0.452 e. The van der Waals surface area contributed by atoms with E-state index in [9.17, 15) is 14.4 Å². The Labute approximate surface area is 171 Å². The Balaban J connectivity index is 1.43. The highest BCUT2D eigenvalue weighted by Crippen LogP contribution is 2.26. The Morgan fingerprint density at radius 3 is 2.75 bits per heavy atom. The summed E-state index contributed by atoms with van der Waals surface area (Å²) in [4.78, 5) is 40.5. The number of esters is 1. The number of urea groups is 1. The van der Waals surface area contributed by atoms with Gasteiger partial charge in [0.2, 0.25) is 0 Å². The SMILES string of the molecule is C[C@H](OC(=O)Cc1csc(-c2ccsc2)n1)C(=O)NC(=O)NC1CCCCC1. The van der Waals surface area contributed by atoms with Crippen molar-refractivity contribution in [3.05, 3.63) is 27.9 Å². The summed E-state index contributed by atoms with van der Waals surface area (Å²) in [5, 5.41) is 11.6. The number of ether oxygens (including phenoxy) is 1. The lowest BCUT2D eigenvalue weighted by Crippen LogP contribution is -2.48.